The number of aryl methyl sites for hydroxylation is 2. The highest BCUT2D eigenvalue weighted by Crippen LogP contribution is 2.29. The molecular weight excluding hydrogens is 436 g/mol. The zero-order valence-corrected chi connectivity index (χ0v) is 21.4. The Hall–Kier alpha value is -3.72. The van der Waals surface area contributed by atoms with Gasteiger partial charge >= 0.3 is 0 Å². The lowest BCUT2D eigenvalue weighted by atomic mass is 9.92. The molecule has 0 unspecified atom stereocenters. The smallest absolute Gasteiger partial charge is 0.0178 e. The van der Waals surface area contributed by atoms with E-state index >= 15 is 0 Å². The second kappa shape index (κ2) is 12.3. The SMILES string of the molecule is CCc1cccc(C(=CC=C(c2ccc(CN)cc2)c2ccc(CN)cc2)c2cccc(CC)c2)c1. The van der Waals surface area contributed by atoms with Crippen LogP contribution in [0.1, 0.15) is 58.4 Å². The van der Waals surface area contributed by atoms with Gasteiger partial charge in [0.25, 0.3) is 0 Å². The fourth-order valence-electron chi connectivity index (χ4n) is 4.44. The van der Waals surface area contributed by atoms with Gasteiger partial charge in [0.05, 0.1) is 0 Å². The van der Waals surface area contributed by atoms with Crippen molar-refractivity contribution in [2.75, 3.05) is 0 Å². The molecule has 0 fully saturated rings. The van der Waals surface area contributed by atoms with Crippen molar-refractivity contribution >= 4 is 11.1 Å². The molecule has 4 aromatic carbocycles. The summed E-state index contributed by atoms with van der Waals surface area (Å²) in [5.74, 6) is 0. The van der Waals surface area contributed by atoms with E-state index < -0.39 is 0 Å². The van der Waals surface area contributed by atoms with Crippen LogP contribution in [0.3, 0.4) is 0 Å². The van der Waals surface area contributed by atoms with Crippen LogP contribution in [0.5, 0.6) is 0 Å². The van der Waals surface area contributed by atoms with Crippen LogP contribution in [-0.4, -0.2) is 0 Å². The van der Waals surface area contributed by atoms with E-state index in [0.717, 1.165) is 40.7 Å². The fraction of sp³-hybridized carbons (Fsp3) is 0.176. The molecule has 0 atom stereocenters. The quantitative estimate of drug-likeness (QED) is 0.251. The summed E-state index contributed by atoms with van der Waals surface area (Å²) in [5.41, 5.74) is 23.8. The van der Waals surface area contributed by atoms with Gasteiger partial charge in [-0.3, -0.25) is 0 Å². The zero-order chi connectivity index (χ0) is 25.3. The maximum absolute atomic E-state index is 5.86. The second-order valence-corrected chi connectivity index (χ2v) is 9.07. The molecule has 0 heterocycles. The molecule has 0 amide bonds. The highest BCUT2D eigenvalue weighted by molar-refractivity contribution is 5.86. The van der Waals surface area contributed by atoms with E-state index in [2.05, 4.69) is 123 Å². The third-order valence-electron chi connectivity index (χ3n) is 6.71. The maximum atomic E-state index is 5.86. The average Bonchev–Trinajstić information content (AvgIpc) is 2.95. The summed E-state index contributed by atoms with van der Waals surface area (Å²) in [6.07, 6.45) is 6.55. The van der Waals surface area contributed by atoms with Crippen molar-refractivity contribution < 1.29 is 0 Å². The van der Waals surface area contributed by atoms with Gasteiger partial charge in [0.15, 0.2) is 0 Å². The van der Waals surface area contributed by atoms with Crippen molar-refractivity contribution in [1.82, 2.24) is 0 Å². The maximum Gasteiger partial charge on any atom is 0.0178 e. The van der Waals surface area contributed by atoms with Gasteiger partial charge in [-0.1, -0.05) is 123 Å². The lowest BCUT2D eigenvalue weighted by Crippen LogP contribution is -1.98. The summed E-state index contributed by atoms with van der Waals surface area (Å²) in [6, 6.07) is 34.8. The second-order valence-electron chi connectivity index (χ2n) is 9.07. The Balaban J connectivity index is 1.89. The fourth-order valence-corrected chi connectivity index (χ4v) is 4.44. The molecule has 182 valence electrons. The van der Waals surface area contributed by atoms with Crippen molar-refractivity contribution in [3.63, 3.8) is 0 Å². The first-order valence-electron chi connectivity index (χ1n) is 12.8. The van der Waals surface area contributed by atoms with E-state index in [1.807, 2.05) is 0 Å². The summed E-state index contributed by atoms with van der Waals surface area (Å²) in [4.78, 5) is 0. The van der Waals surface area contributed by atoms with Crippen LogP contribution < -0.4 is 11.5 Å². The number of benzene rings is 4. The number of allylic oxidation sites excluding steroid dienone is 2. The van der Waals surface area contributed by atoms with E-state index in [0.29, 0.717) is 13.1 Å². The van der Waals surface area contributed by atoms with Gasteiger partial charge in [0.2, 0.25) is 0 Å². The molecule has 0 bridgehead atoms. The van der Waals surface area contributed by atoms with E-state index in [-0.39, 0.29) is 0 Å². The Morgan fingerprint density at radius 1 is 0.500 bits per heavy atom. The predicted molar refractivity (Wildman–Crippen MR) is 154 cm³/mol. The normalized spacial score (nSPS) is 10.7. The van der Waals surface area contributed by atoms with Crippen molar-refractivity contribution in [2.24, 2.45) is 11.5 Å². The Morgan fingerprint density at radius 2 is 0.889 bits per heavy atom. The molecule has 0 aromatic heterocycles. The van der Waals surface area contributed by atoms with Crippen LogP contribution in [0.25, 0.3) is 11.1 Å². The van der Waals surface area contributed by atoms with Gasteiger partial charge < -0.3 is 11.5 Å². The van der Waals surface area contributed by atoms with Crippen LogP contribution in [0, 0.1) is 0 Å². The largest absolute Gasteiger partial charge is 0.326 e. The zero-order valence-electron chi connectivity index (χ0n) is 21.4. The van der Waals surface area contributed by atoms with Gasteiger partial charge in [-0.25, -0.2) is 0 Å². The summed E-state index contributed by atoms with van der Waals surface area (Å²) in [7, 11) is 0. The number of hydrogen-bond acceptors (Lipinski definition) is 2. The molecule has 36 heavy (non-hydrogen) atoms. The van der Waals surface area contributed by atoms with Crippen LogP contribution >= 0.6 is 0 Å². The molecule has 0 saturated carbocycles. The molecular formula is C34H36N2. The number of nitrogens with two attached hydrogens (primary N) is 2. The Kier molecular flexibility index (Phi) is 8.67. The minimum Gasteiger partial charge on any atom is -0.326 e. The average molecular weight is 473 g/mol. The Bertz CT molecular complexity index is 1240. The molecule has 0 aliphatic carbocycles. The van der Waals surface area contributed by atoms with E-state index in [9.17, 15) is 0 Å². The minimum absolute atomic E-state index is 0.538. The lowest BCUT2D eigenvalue weighted by Gasteiger charge is -2.13. The van der Waals surface area contributed by atoms with Crippen LogP contribution in [0.15, 0.2) is 109 Å². The summed E-state index contributed by atoms with van der Waals surface area (Å²) in [6.45, 7) is 5.48. The molecule has 4 aromatic rings. The molecule has 4 rings (SSSR count). The van der Waals surface area contributed by atoms with E-state index in [1.165, 1.54) is 27.8 Å². The molecule has 0 aliphatic heterocycles. The highest BCUT2D eigenvalue weighted by atomic mass is 14.5. The third-order valence-corrected chi connectivity index (χ3v) is 6.71. The summed E-state index contributed by atoms with van der Waals surface area (Å²) < 4.78 is 0. The van der Waals surface area contributed by atoms with Crippen LogP contribution in [-0.2, 0) is 25.9 Å². The van der Waals surface area contributed by atoms with Gasteiger partial charge in [-0.15, -0.1) is 0 Å². The molecule has 2 heteroatoms. The molecule has 0 saturated heterocycles. The number of hydrogen-bond donors (Lipinski definition) is 2. The topological polar surface area (TPSA) is 52.0 Å². The van der Waals surface area contributed by atoms with Gasteiger partial charge in [0.1, 0.15) is 0 Å². The van der Waals surface area contributed by atoms with Crippen molar-refractivity contribution in [3.05, 3.63) is 154 Å². The first kappa shape index (κ1) is 25.4. The molecule has 2 nitrogen and oxygen atoms in total. The Morgan fingerprint density at radius 3 is 1.25 bits per heavy atom. The van der Waals surface area contributed by atoms with Crippen molar-refractivity contribution in [3.8, 4) is 0 Å². The van der Waals surface area contributed by atoms with Crippen molar-refractivity contribution in [2.45, 2.75) is 39.8 Å². The molecule has 0 radical (unpaired) electrons. The third kappa shape index (κ3) is 6.09. The minimum atomic E-state index is 0.538. The van der Waals surface area contributed by atoms with Crippen LogP contribution in [0.4, 0.5) is 0 Å². The predicted octanol–water partition coefficient (Wildman–Crippen LogP) is 7.29. The molecule has 0 spiro atoms. The van der Waals surface area contributed by atoms with Crippen molar-refractivity contribution in [1.29, 1.82) is 0 Å². The summed E-state index contributed by atoms with van der Waals surface area (Å²) >= 11 is 0. The Labute approximate surface area is 216 Å². The lowest BCUT2D eigenvalue weighted by molar-refractivity contribution is 1.07. The first-order chi connectivity index (χ1) is 17.6. The van der Waals surface area contributed by atoms with E-state index in [1.54, 1.807) is 0 Å². The monoisotopic (exact) mass is 472 g/mol. The first-order valence-corrected chi connectivity index (χ1v) is 12.8. The molecule has 0 aliphatic rings. The standard InChI is InChI=1S/C34H36N2/c1-3-25-7-5-9-31(21-25)34(32-10-6-8-26(4-2)22-32)20-19-33(29-15-11-27(23-35)12-16-29)30-17-13-28(24-36)14-18-30/h5-22H,3-4,23-24,35-36H2,1-2H3. The number of rotatable bonds is 9. The van der Waals surface area contributed by atoms with Gasteiger partial charge in [-0.2, -0.15) is 0 Å². The van der Waals surface area contributed by atoms with Gasteiger partial charge in [-0.05, 0) is 68.5 Å². The van der Waals surface area contributed by atoms with E-state index in [4.69, 9.17) is 11.5 Å². The van der Waals surface area contributed by atoms with Crippen LogP contribution in [0.2, 0.25) is 0 Å². The van der Waals surface area contributed by atoms with Gasteiger partial charge in [0, 0.05) is 13.1 Å². The highest BCUT2D eigenvalue weighted by Gasteiger charge is 2.09. The summed E-state index contributed by atoms with van der Waals surface area (Å²) in [5, 5.41) is 0. The molecule has 4 N–H and O–H groups in total.